The van der Waals surface area contributed by atoms with Crippen LogP contribution in [0.5, 0.6) is 0 Å². The molecule has 0 radical (unpaired) electrons. The van der Waals surface area contributed by atoms with Crippen molar-refractivity contribution in [3.05, 3.63) is 58.9 Å². The molecule has 2 nitrogen and oxygen atoms in total. The lowest BCUT2D eigenvalue weighted by Crippen LogP contribution is -2.02. The summed E-state index contributed by atoms with van der Waals surface area (Å²) in [7, 11) is 0. The first-order chi connectivity index (χ1) is 8.16. The monoisotopic (exact) mass is 250 g/mol. The van der Waals surface area contributed by atoms with Gasteiger partial charge in [-0.2, -0.15) is 0 Å². The predicted octanol–water partition coefficient (Wildman–Crippen LogP) is 3.67. The second kappa shape index (κ2) is 5.06. The number of nitrogens with one attached hydrogen (secondary N) is 1. The van der Waals surface area contributed by atoms with Crippen LogP contribution in [0.25, 0.3) is 0 Å². The Labute approximate surface area is 104 Å². The van der Waals surface area contributed by atoms with Crippen LogP contribution in [0.3, 0.4) is 0 Å². The highest BCUT2D eigenvalue weighted by atomic mass is 35.5. The van der Waals surface area contributed by atoms with E-state index in [4.69, 9.17) is 17.3 Å². The van der Waals surface area contributed by atoms with Crippen LogP contribution < -0.4 is 11.1 Å². The first kappa shape index (κ1) is 11.7. The molecule has 2 rings (SSSR count). The van der Waals surface area contributed by atoms with Crippen molar-refractivity contribution in [2.75, 3.05) is 11.1 Å². The normalized spacial score (nSPS) is 10.2. The molecule has 0 bridgehead atoms. The van der Waals surface area contributed by atoms with Gasteiger partial charge in [0.1, 0.15) is 5.82 Å². The molecule has 4 heteroatoms. The minimum absolute atomic E-state index is 0.364. The molecule has 88 valence electrons. The van der Waals surface area contributed by atoms with Gasteiger partial charge in [0, 0.05) is 17.3 Å². The van der Waals surface area contributed by atoms with Gasteiger partial charge in [-0.15, -0.1) is 0 Å². The molecule has 0 amide bonds. The van der Waals surface area contributed by atoms with Crippen LogP contribution in [0.15, 0.2) is 42.5 Å². The van der Waals surface area contributed by atoms with Gasteiger partial charge in [-0.25, -0.2) is 4.39 Å². The Hall–Kier alpha value is -1.74. The van der Waals surface area contributed by atoms with Gasteiger partial charge in [-0.1, -0.05) is 29.8 Å². The van der Waals surface area contributed by atoms with Crippen molar-refractivity contribution in [2.45, 2.75) is 6.54 Å². The minimum Gasteiger partial charge on any atom is -0.399 e. The van der Waals surface area contributed by atoms with Crippen LogP contribution in [0, 0.1) is 5.82 Å². The van der Waals surface area contributed by atoms with E-state index < -0.39 is 0 Å². The molecule has 0 unspecified atom stereocenters. The van der Waals surface area contributed by atoms with Crippen molar-refractivity contribution in [2.24, 2.45) is 0 Å². The zero-order chi connectivity index (χ0) is 12.3. The fourth-order valence-electron chi connectivity index (χ4n) is 1.51. The molecule has 0 aliphatic carbocycles. The fourth-order valence-corrected chi connectivity index (χ4v) is 1.71. The average molecular weight is 251 g/mol. The fraction of sp³-hybridized carbons (Fsp3) is 0.0769. The van der Waals surface area contributed by atoms with Crippen molar-refractivity contribution in [3.8, 4) is 0 Å². The summed E-state index contributed by atoms with van der Waals surface area (Å²) in [4.78, 5) is 0. The van der Waals surface area contributed by atoms with Gasteiger partial charge in [0.05, 0.1) is 5.69 Å². The average Bonchev–Trinajstić information content (AvgIpc) is 2.30. The van der Waals surface area contributed by atoms with Crippen molar-refractivity contribution >= 4 is 23.0 Å². The molecule has 17 heavy (non-hydrogen) atoms. The molecule has 0 spiro atoms. The van der Waals surface area contributed by atoms with E-state index in [1.54, 1.807) is 18.2 Å². The molecule has 3 N–H and O–H groups in total. The SMILES string of the molecule is Nc1ccc(NCc2ccccc2Cl)c(F)c1. The van der Waals surface area contributed by atoms with Gasteiger partial charge in [-0.05, 0) is 29.8 Å². The maximum atomic E-state index is 13.5. The van der Waals surface area contributed by atoms with E-state index in [0.717, 1.165) is 5.56 Å². The molecular weight excluding hydrogens is 239 g/mol. The highest BCUT2D eigenvalue weighted by Gasteiger charge is 2.03. The molecule has 0 aliphatic heterocycles. The van der Waals surface area contributed by atoms with Crippen LogP contribution >= 0.6 is 11.6 Å². The Bertz CT molecular complexity index is 529. The number of anilines is 2. The molecular formula is C13H12ClFN2. The molecule has 0 atom stereocenters. The van der Waals surface area contributed by atoms with E-state index in [1.165, 1.54) is 6.07 Å². The second-order valence-corrected chi connectivity index (χ2v) is 4.09. The molecule has 2 aromatic carbocycles. The number of nitrogen functional groups attached to an aromatic ring is 1. The Balaban J connectivity index is 2.10. The number of hydrogen-bond acceptors (Lipinski definition) is 2. The quantitative estimate of drug-likeness (QED) is 0.816. The Morgan fingerprint density at radius 3 is 2.65 bits per heavy atom. The van der Waals surface area contributed by atoms with Crippen LogP contribution in [0.4, 0.5) is 15.8 Å². The summed E-state index contributed by atoms with van der Waals surface area (Å²) < 4.78 is 13.5. The zero-order valence-corrected chi connectivity index (χ0v) is 9.84. The zero-order valence-electron chi connectivity index (χ0n) is 9.08. The Morgan fingerprint density at radius 1 is 1.18 bits per heavy atom. The van der Waals surface area contributed by atoms with Crippen LogP contribution in [0.2, 0.25) is 5.02 Å². The van der Waals surface area contributed by atoms with Crippen LogP contribution in [0.1, 0.15) is 5.56 Å². The third kappa shape index (κ3) is 2.88. The first-order valence-corrected chi connectivity index (χ1v) is 5.57. The van der Waals surface area contributed by atoms with E-state index in [0.29, 0.717) is 22.9 Å². The summed E-state index contributed by atoms with van der Waals surface area (Å²) in [6.45, 7) is 0.473. The van der Waals surface area contributed by atoms with E-state index >= 15 is 0 Å². The smallest absolute Gasteiger partial charge is 0.148 e. The lowest BCUT2D eigenvalue weighted by atomic mass is 10.2. The standard InChI is InChI=1S/C13H12ClFN2/c14-11-4-2-1-3-9(11)8-17-13-6-5-10(16)7-12(13)15/h1-7,17H,8,16H2. The van der Waals surface area contributed by atoms with Crippen molar-refractivity contribution in [1.29, 1.82) is 0 Å². The number of rotatable bonds is 3. The van der Waals surface area contributed by atoms with Crippen molar-refractivity contribution < 1.29 is 4.39 Å². The Kier molecular flexibility index (Phi) is 3.49. The molecule has 0 aliphatic rings. The summed E-state index contributed by atoms with van der Waals surface area (Å²) in [5.41, 5.74) is 7.22. The van der Waals surface area contributed by atoms with Gasteiger partial charge in [0.2, 0.25) is 0 Å². The lowest BCUT2D eigenvalue weighted by molar-refractivity contribution is 0.631. The molecule has 0 aromatic heterocycles. The van der Waals surface area contributed by atoms with E-state index in [2.05, 4.69) is 5.32 Å². The first-order valence-electron chi connectivity index (χ1n) is 5.19. The maximum Gasteiger partial charge on any atom is 0.148 e. The lowest BCUT2D eigenvalue weighted by Gasteiger charge is -2.09. The summed E-state index contributed by atoms with van der Waals surface area (Å²) in [5.74, 6) is -0.364. The number of halogens is 2. The second-order valence-electron chi connectivity index (χ2n) is 3.68. The molecule has 0 heterocycles. The van der Waals surface area contributed by atoms with Crippen molar-refractivity contribution in [1.82, 2.24) is 0 Å². The third-order valence-electron chi connectivity index (χ3n) is 2.42. The van der Waals surface area contributed by atoms with E-state index in [-0.39, 0.29) is 5.82 Å². The third-order valence-corrected chi connectivity index (χ3v) is 2.79. The van der Waals surface area contributed by atoms with E-state index in [9.17, 15) is 4.39 Å². The van der Waals surface area contributed by atoms with Crippen molar-refractivity contribution in [3.63, 3.8) is 0 Å². The van der Waals surface area contributed by atoms with Gasteiger partial charge < -0.3 is 11.1 Å². The molecule has 0 saturated heterocycles. The Morgan fingerprint density at radius 2 is 1.94 bits per heavy atom. The minimum atomic E-state index is -0.364. The number of benzene rings is 2. The highest BCUT2D eigenvalue weighted by molar-refractivity contribution is 6.31. The van der Waals surface area contributed by atoms with Gasteiger partial charge >= 0.3 is 0 Å². The summed E-state index contributed by atoms with van der Waals surface area (Å²) >= 11 is 6.00. The summed E-state index contributed by atoms with van der Waals surface area (Å²) in [6, 6.07) is 12.0. The summed E-state index contributed by atoms with van der Waals surface area (Å²) in [6.07, 6.45) is 0. The maximum absolute atomic E-state index is 13.5. The molecule has 2 aromatic rings. The van der Waals surface area contributed by atoms with Gasteiger partial charge in [-0.3, -0.25) is 0 Å². The molecule has 0 fully saturated rings. The predicted molar refractivity (Wildman–Crippen MR) is 69.6 cm³/mol. The van der Waals surface area contributed by atoms with Crippen LogP contribution in [-0.2, 0) is 6.54 Å². The largest absolute Gasteiger partial charge is 0.399 e. The van der Waals surface area contributed by atoms with E-state index in [1.807, 2.05) is 18.2 Å². The number of hydrogen-bond donors (Lipinski definition) is 2. The van der Waals surface area contributed by atoms with Crippen LogP contribution in [-0.4, -0.2) is 0 Å². The highest BCUT2D eigenvalue weighted by Crippen LogP contribution is 2.20. The summed E-state index contributed by atoms with van der Waals surface area (Å²) in [5, 5.41) is 3.65. The number of nitrogens with two attached hydrogens (primary N) is 1. The van der Waals surface area contributed by atoms with Gasteiger partial charge in [0.15, 0.2) is 0 Å². The van der Waals surface area contributed by atoms with Gasteiger partial charge in [0.25, 0.3) is 0 Å². The molecule has 0 saturated carbocycles. The topological polar surface area (TPSA) is 38.0 Å².